The molecule has 0 aromatic heterocycles. The minimum Gasteiger partial charge on any atom is -0.462 e. The van der Waals surface area contributed by atoms with E-state index in [-0.39, 0.29) is 5.92 Å². The summed E-state index contributed by atoms with van der Waals surface area (Å²) in [6, 6.07) is 0. The van der Waals surface area contributed by atoms with Crippen molar-refractivity contribution in [2.24, 2.45) is 5.92 Å². The van der Waals surface area contributed by atoms with E-state index in [1.165, 1.54) is 0 Å². The first kappa shape index (κ1) is 8.65. The molecule has 0 fully saturated rings. The Morgan fingerprint density at radius 3 is 2.67 bits per heavy atom. The second-order valence-corrected chi connectivity index (χ2v) is 2.20. The van der Waals surface area contributed by atoms with Gasteiger partial charge in [0.1, 0.15) is 6.11 Å². The molecule has 0 rings (SSSR count). The van der Waals surface area contributed by atoms with Gasteiger partial charge in [0.05, 0.1) is 0 Å². The molecule has 0 aromatic rings. The van der Waals surface area contributed by atoms with Crippen molar-refractivity contribution in [2.45, 2.75) is 19.8 Å². The lowest BCUT2D eigenvalue weighted by Crippen LogP contribution is -1.97. The lowest BCUT2D eigenvalue weighted by molar-refractivity contribution is 0.512. The van der Waals surface area contributed by atoms with Crippen molar-refractivity contribution < 1.29 is 5.11 Å². The van der Waals surface area contributed by atoms with Gasteiger partial charge in [-0.3, -0.25) is 0 Å². The normalized spacial score (nSPS) is 11.8. The monoisotopic (exact) mass is 146 g/mol. The number of hydrogen-bond donors (Lipinski definition) is 1. The molecule has 0 spiro atoms. The molecule has 1 atom stereocenters. The first-order valence-electron chi connectivity index (χ1n) is 3.05. The van der Waals surface area contributed by atoms with Crippen molar-refractivity contribution in [3.63, 3.8) is 0 Å². The van der Waals surface area contributed by atoms with Crippen LogP contribution in [0.4, 0.5) is 0 Å². The second kappa shape index (κ2) is 5.78. The van der Waals surface area contributed by atoms with Crippen molar-refractivity contribution in [3.8, 4) is 12.0 Å². The quantitative estimate of drug-likeness (QED) is 0.477. The van der Waals surface area contributed by atoms with Gasteiger partial charge in [-0.2, -0.15) is 0 Å². The van der Waals surface area contributed by atoms with Gasteiger partial charge >= 0.3 is 0 Å². The highest BCUT2D eigenvalue weighted by molar-refractivity contribution is 6.18. The highest BCUT2D eigenvalue weighted by atomic mass is 35.5. The van der Waals surface area contributed by atoms with Crippen LogP contribution in [0.2, 0.25) is 0 Å². The van der Waals surface area contributed by atoms with Gasteiger partial charge in [-0.1, -0.05) is 19.3 Å². The zero-order valence-electron chi connectivity index (χ0n) is 5.52. The predicted molar refractivity (Wildman–Crippen MR) is 38.8 cm³/mol. The van der Waals surface area contributed by atoms with Gasteiger partial charge in [0.2, 0.25) is 0 Å². The van der Waals surface area contributed by atoms with E-state index in [1.54, 1.807) is 0 Å². The number of halogens is 1. The molecule has 0 aliphatic heterocycles. The number of rotatable bonds is 3. The Morgan fingerprint density at radius 1 is 1.67 bits per heavy atom. The fourth-order valence-electron chi connectivity index (χ4n) is 0.628. The van der Waals surface area contributed by atoms with Crippen LogP contribution in [0.15, 0.2) is 0 Å². The third kappa shape index (κ3) is 4.17. The fourth-order valence-corrected chi connectivity index (χ4v) is 0.859. The smallest absolute Gasteiger partial charge is 0.107 e. The standard InChI is InChI=1S/C7H11ClO/c1-2-3-7(6-8)4-5-9/h7,9H,2-3,6H2,1H3. The molecule has 0 amide bonds. The number of aliphatic hydroxyl groups excluding tert-OH is 1. The van der Waals surface area contributed by atoms with Crippen LogP contribution in [0.1, 0.15) is 19.8 Å². The number of aliphatic hydroxyl groups is 1. The summed E-state index contributed by atoms with van der Waals surface area (Å²) in [5.74, 6) is 3.29. The molecule has 0 aliphatic rings. The molecule has 1 nitrogen and oxygen atoms in total. The molecule has 0 radical (unpaired) electrons. The van der Waals surface area contributed by atoms with E-state index in [1.807, 2.05) is 6.11 Å². The van der Waals surface area contributed by atoms with Gasteiger partial charge in [-0.15, -0.1) is 11.6 Å². The predicted octanol–water partition coefficient (Wildman–Crippen LogP) is 1.97. The van der Waals surface area contributed by atoms with E-state index in [0.29, 0.717) is 5.88 Å². The lowest BCUT2D eigenvalue weighted by atomic mass is 10.1. The molecule has 1 unspecified atom stereocenters. The summed E-state index contributed by atoms with van der Waals surface area (Å²) in [6.07, 6.45) is 3.90. The van der Waals surface area contributed by atoms with Crippen molar-refractivity contribution in [3.05, 3.63) is 0 Å². The maximum Gasteiger partial charge on any atom is 0.107 e. The van der Waals surface area contributed by atoms with Crippen molar-refractivity contribution in [1.82, 2.24) is 0 Å². The lowest BCUT2D eigenvalue weighted by Gasteiger charge is -2.00. The minimum absolute atomic E-state index is 0.168. The van der Waals surface area contributed by atoms with Crippen LogP contribution in [0, 0.1) is 17.9 Å². The third-order valence-corrected chi connectivity index (χ3v) is 1.46. The Hall–Kier alpha value is -0.350. The minimum atomic E-state index is 0.168. The van der Waals surface area contributed by atoms with Crippen LogP contribution in [-0.2, 0) is 0 Å². The molecule has 0 bridgehead atoms. The largest absolute Gasteiger partial charge is 0.462 e. The molecule has 0 aromatic carbocycles. The Kier molecular flexibility index (Phi) is 5.56. The van der Waals surface area contributed by atoms with E-state index in [9.17, 15) is 0 Å². The maximum atomic E-state index is 8.17. The maximum absolute atomic E-state index is 8.17. The average Bonchev–Trinajstić information content (AvgIpc) is 1.88. The van der Waals surface area contributed by atoms with Crippen molar-refractivity contribution >= 4 is 11.6 Å². The highest BCUT2D eigenvalue weighted by Gasteiger charge is 1.99. The van der Waals surface area contributed by atoms with E-state index in [0.717, 1.165) is 12.8 Å². The summed E-state index contributed by atoms with van der Waals surface area (Å²) in [5, 5.41) is 8.17. The summed E-state index contributed by atoms with van der Waals surface area (Å²) >= 11 is 5.51. The number of hydrogen-bond acceptors (Lipinski definition) is 1. The van der Waals surface area contributed by atoms with Gasteiger partial charge in [0.25, 0.3) is 0 Å². The number of alkyl halides is 1. The molecule has 0 aliphatic carbocycles. The Labute approximate surface area is 61.0 Å². The van der Waals surface area contributed by atoms with Crippen LogP contribution in [0.25, 0.3) is 0 Å². The van der Waals surface area contributed by atoms with Crippen LogP contribution in [0.3, 0.4) is 0 Å². The van der Waals surface area contributed by atoms with Crippen LogP contribution >= 0.6 is 11.6 Å². The van der Waals surface area contributed by atoms with Gasteiger partial charge in [0.15, 0.2) is 0 Å². The first-order chi connectivity index (χ1) is 4.35. The first-order valence-corrected chi connectivity index (χ1v) is 3.59. The molecule has 0 saturated heterocycles. The second-order valence-electron chi connectivity index (χ2n) is 1.90. The van der Waals surface area contributed by atoms with E-state index >= 15 is 0 Å². The third-order valence-electron chi connectivity index (χ3n) is 1.09. The summed E-state index contributed by atoms with van der Waals surface area (Å²) in [5.41, 5.74) is 0. The van der Waals surface area contributed by atoms with E-state index < -0.39 is 0 Å². The Balaban J connectivity index is 3.50. The summed E-state index contributed by atoms with van der Waals surface area (Å²) in [4.78, 5) is 0. The van der Waals surface area contributed by atoms with Gasteiger partial charge < -0.3 is 5.11 Å². The molecule has 0 heterocycles. The van der Waals surface area contributed by atoms with E-state index in [4.69, 9.17) is 16.7 Å². The fraction of sp³-hybridized carbons (Fsp3) is 0.714. The topological polar surface area (TPSA) is 20.2 Å². The molecule has 52 valence electrons. The van der Waals surface area contributed by atoms with Gasteiger partial charge in [-0.25, -0.2) is 0 Å². The molecule has 9 heavy (non-hydrogen) atoms. The molecular formula is C7H11ClO. The van der Waals surface area contributed by atoms with Gasteiger partial charge in [-0.05, 0) is 6.42 Å². The molecular weight excluding hydrogens is 136 g/mol. The SMILES string of the molecule is CCCC(C#CO)CCl. The van der Waals surface area contributed by atoms with Crippen LogP contribution < -0.4 is 0 Å². The molecule has 0 saturated carbocycles. The van der Waals surface area contributed by atoms with E-state index in [2.05, 4.69) is 12.8 Å². The zero-order valence-corrected chi connectivity index (χ0v) is 6.28. The molecule has 2 heteroatoms. The average molecular weight is 147 g/mol. The van der Waals surface area contributed by atoms with Gasteiger partial charge in [0, 0.05) is 11.8 Å². The Morgan fingerprint density at radius 2 is 2.33 bits per heavy atom. The summed E-state index contributed by atoms with van der Waals surface area (Å²) < 4.78 is 0. The summed E-state index contributed by atoms with van der Waals surface area (Å²) in [7, 11) is 0. The van der Waals surface area contributed by atoms with Crippen LogP contribution in [0.5, 0.6) is 0 Å². The van der Waals surface area contributed by atoms with Crippen molar-refractivity contribution in [1.29, 1.82) is 0 Å². The highest BCUT2D eigenvalue weighted by Crippen LogP contribution is 2.05. The summed E-state index contributed by atoms with van der Waals surface area (Å²) in [6.45, 7) is 2.07. The zero-order chi connectivity index (χ0) is 7.11. The van der Waals surface area contributed by atoms with Crippen molar-refractivity contribution in [2.75, 3.05) is 5.88 Å². The Bertz CT molecular complexity index is 112. The molecule has 1 N–H and O–H groups in total. The van der Waals surface area contributed by atoms with Crippen LogP contribution in [-0.4, -0.2) is 11.0 Å².